The molecule has 2 aromatic carbocycles. The van der Waals surface area contributed by atoms with Crippen LogP contribution in [0.5, 0.6) is 11.5 Å². The molecule has 1 unspecified atom stereocenters. The highest BCUT2D eigenvalue weighted by atomic mass is 79.9. The molecule has 1 N–H and O–H groups in total. The number of methoxy groups -OCH3 is 2. The SMILES string of the molecule is COc1ccc(N2CC(C(=O)NCc3cc(F)ccc3Br)CC2=O)cc1OC. The van der Waals surface area contributed by atoms with E-state index in [0.717, 1.165) is 0 Å². The number of nitrogens with one attached hydrogen (secondary N) is 1. The standard InChI is InChI=1S/C20H20BrFN2O4/c1-27-17-6-4-15(9-18(17)28-2)24-11-13(8-19(24)25)20(26)23-10-12-7-14(22)3-5-16(12)21/h3-7,9,13H,8,10-11H2,1-2H3,(H,23,26). The lowest BCUT2D eigenvalue weighted by Crippen LogP contribution is -2.32. The predicted octanol–water partition coefficient (Wildman–Crippen LogP) is 3.27. The lowest BCUT2D eigenvalue weighted by molar-refractivity contribution is -0.126. The van der Waals surface area contributed by atoms with Crippen molar-refractivity contribution in [1.82, 2.24) is 5.32 Å². The fourth-order valence-corrected chi connectivity index (χ4v) is 3.52. The Hall–Kier alpha value is -2.61. The summed E-state index contributed by atoms with van der Waals surface area (Å²) in [6, 6.07) is 9.47. The Morgan fingerprint density at radius 2 is 1.96 bits per heavy atom. The highest BCUT2D eigenvalue weighted by Gasteiger charge is 2.35. The van der Waals surface area contributed by atoms with Crippen LogP contribution in [0.1, 0.15) is 12.0 Å². The first kappa shape index (κ1) is 20.1. The Balaban J connectivity index is 1.67. The summed E-state index contributed by atoms with van der Waals surface area (Å²) in [7, 11) is 3.06. The van der Waals surface area contributed by atoms with Gasteiger partial charge in [-0.05, 0) is 35.9 Å². The van der Waals surface area contributed by atoms with Gasteiger partial charge in [-0.3, -0.25) is 9.59 Å². The van der Waals surface area contributed by atoms with Crippen molar-refractivity contribution < 1.29 is 23.5 Å². The molecule has 0 aromatic heterocycles. The first-order valence-electron chi connectivity index (χ1n) is 8.67. The lowest BCUT2D eigenvalue weighted by atomic mass is 10.1. The van der Waals surface area contributed by atoms with E-state index in [4.69, 9.17) is 9.47 Å². The number of anilines is 1. The summed E-state index contributed by atoms with van der Waals surface area (Å²) in [5.41, 5.74) is 1.28. The van der Waals surface area contributed by atoms with Gasteiger partial charge in [-0.2, -0.15) is 0 Å². The third-order valence-electron chi connectivity index (χ3n) is 4.64. The fourth-order valence-electron chi connectivity index (χ4n) is 3.13. The van der Waals surface area contributed by atoms with E-state index < -0.39 is 5.92 Å². The van der Waals surface area contributed by atoms with Crippen LogP contribution in [0.2, 0.25) is 0 Å². The van der Waals surface area contributed by atoms with Crippen LogP contribution in [0.15, 0.2) is 40.9 Å². The molecule has 1 fully saturated rings. The third kappa shape index (κ3) is 4.27. The molecular weight excluding hydrogens is 431 g/mol. The molecule has 8 heteroatoms. The smallest absolute Gasteiger partial charge is 0.227 e. The largest absolute Gasteiger partial charge is 0.493 e. The molecule has 6 nitrogen and oxygen atoms in total. The van der Waals surface area contributed by atoms with Crippen molar-refractivity contribution in [2.45, 2.75) is 13.0 Å². The topological polar surface area (TPSA) is 67.9 Å². The maximum Gasteiger partial charge on any atom is 0.227 e. The summed E-state index contributed by atoms with van der Waals surface area (Å²) < 4.78 is 24.6. The lowest BCUT2D eigenvalue weighted by Gasteiger charge is -2.18. The summed E-state index contributed by atoms with van der Waals surface area (Å²) in [5, 5.41) is 2.78. The molecule has 1 saturated heterocycles. The van der Waals surface area contributed by atoms with Gasteiger partial charge in [-0.25, -0.2) is 4.39 Å². The average molecular weight is 451 g/mol. The summed E-state index contributed by atoms with van der Waals surface area (Å²) in [4.78, 5) is 26.5. The van der Waals surface area contributed by atoms with Gasteiger partial charge in [0.1, 0.15) is 5.82 Å². The van der Waals surface area contributed by atoms with Gasteiger partial charge >= 0.3 is 0 Å². The highest BCUT2D eigenvalue weighted by Crippen LogP contribution is 2.34. The molecular formula is C20H20BrFN2O4. The van der Waals surface area contributed by atoms with E-state index in [1.807, 2.05) is 0 Å². The second kappa shape index (κ2) is 8.60. The monoisotopic (exact) mass is 450 g/mol. The molecule has 148 valence electrons. The normalized spacial score (nSPS) is 16.2. The van der Waals surface area contributed by atoms with Gasteiger partial charge in [0.25, 0.3) is 0 Å². The van der Waals surface area contributed by atoms with Crippen LogP contribution in [0.4, 0.5) is 10.1 Å². The van der Waals surface area contributed by atoms with E-state index in [-0.39, 0.29) is 37.1 Å². The van der Waals surface area contributed by atoms with Crippen molar-refractivity contribution in [3.63, 3.8) is 0 Å². The van der Waals surface area contributed by atoms with Gasteiger partial charge < -0.3 is 19.7 Å². The van der Waals surface area contributed by atoms with Crippen molar-refractivity contribution in [2.75, 3.05) is 25.7 Å². The highest BCUT2D eigenvalue weighted by molar-refractivity contribution is 9.10. The molecule has 1 heterocycles. The Kier molecular flexibility index (Phi) is 6.18. The fraction of sp³-hybridized carbons (Fsp3) is 0.300. The van der Waals surface area contributed by atoms with E-state index in [1.165, 1.54) is 26.4 Å². The number of halogens is 2. The molecule has 2 amide bonds. The molecule has 0 bridgehead atoms. The number of nitrogens with zero attached hydrogens (tertiary/aromatic N) is 1. The average Bonchev–Trinajstić information content (AvgIpc) is 3.09. The van der Waals surface area contributed by atoms with E-state index in [2.05, 4.69) is 21.2 Å². The number of carbonyl (C=O) groups is 2. The number of hydrogen-bond donors (Lipinski definition) is 1. The van der Waals surface area contributed by atoms with E-state index in [0.29, 0.717) is 27.2 Å². The van der Waals surface area contributed by atoms with Gasteiger partial charge in [-0.15, -0.1) is 0 Å². The second-order valence-corrected chi connectivity index (χ2v) is 7.25. The Morgan fingerprint density at radius 3 is 2.68 bits per heavy atom. The molecule has 0 radical (unpaired) electrons. The zero-order valence-corrected chi connectivity index (χ0v) is 17.1. The van der Waals surface area contributed by atoms with Crippen LogP contribution in [-0.4, -0.2) is 32.6 Å². The molecule has 0 spiro atoms. The molecule has 3 rings (SSSR count). The predicted molar refractivity (Wildman–Crippen MR) is 106 cm³/mol. The number of benzene rings is 2. The molecule has 28 heavy (non-hydrogen) atoms. The quantitative estimate of drug-likeness (QED) is 0.732. The first-order chi connectivity index (χ1) is 13.4. The van der Waals surface area contributed by atoms with E-state index in [1.54, 1.807) is 29.2 Å². The molecule has 1 atom stereocenters. The molecule has 2 aromatic rings. The molecule has 1 aliphatic heterocycles. The second-order valence-electron chi connectivity index (χ2n) is 6.40. The van der Waals surface area contributed by atoms with Crippen molar-refractivity contribution in [3.05, 3.63) is 52.3 Å². The van der Waals surface area contributed by atoms with E-state index >= 15 is 0 Å². The molecule has 0 saturated carbocycles. The van der Waals surface area contributed by atoms with Crippen LogP contribution < -0.4 is 19.7 Å². The Labute approximate surface area is 170 Å². The van der Waals surface area contributed by atoms with Crippen LogP contribution in [0.3, 0.4) is 0 Å². The maximum atomic E-state index is 13.4. The minimum atomic E-state index is -0.479. The van der Waals surface area contributed by atoms with Crippen LogP contribution in [0, 0.1) is 11.7 Å². The number of ether oxygens (including phenoxy) is 2. The van der Waals surface area contributed by atoms with Crippen molar-refractivity contribution in [2.24, 2.45) is 5.92 Å². The van der Waals surface area contributed by atoms with Crippen LogP contribution in [-0.2, 0) is 16.1 Å². The zero-order valence-electron chi connectivity index (χ0n) is 15.5. The summed E-state index contributed by atoms with van der Waals surface area (Å²) in [6.45, 7) is 0.447. The first-order valence-corrected chi connectivity index (χ1v) is 9.46. The summed E-state index contributed by atoms with van der Waals surface area (Å²) in [5.74, 6) is -0.160. The van der Waals surface area contributed by atoms with Gasteiger partial charge in [0.15, 0.2) is 11.5 Å². The number of amides is 2. The number of carbonyl (C=O) groups excluding carboxylic acids is 2. The maximum absolute atomic E-state index is 13.4. The van der Waals surface area contributed by atoms with Crippen molar-refractivity contribution in [3.8, 4) is 11.5 Å². The molecule has 1 aliphatic rings. The summed E-state index contributed by atoms with van der Waals surface area (Å²) in [6.07, 6.45) is 0.116. The number of hydrogen-bond acceptors (Lipinski definition) is 4. The van der Waals surface area contributed by atoms with Crippen molar-refractivity contribution in [1.29, 1.82) is 0 Å². The van der Waals surface area contributed by atoms with Gasteiger partial charge in [0, 0.05) is 35.7 Å². The number of rotatable bonds is 6. The van der Waals surface area contributed by atoms with Crippen LogP contribution >= 0.6 is 15.9 Å². The van der Waals surface area contributed by atoms with Crippen LogP contribution in [0.25, 0.3) is 0 Å². The Bertz CT molecular complexity index is 906. The van der Waals surface area contributed by atoms with Gasteiger partial charge in [0.05, 0.1) is 20.1 Å². The summed E-state index contributed by atoms with van der Waals surface area (Å²) >= 11 is 3.34. The third-order valence-corrected chi connectivity index (χ3v) is 5.41. The zero-order chi connectivity index (χ0) is 20.3. The van der Waals surface area contributed by atoms with E-state index in [9.17, 15) is 14.0 Å². The molecule has 0 aliphatic carbocycles. The minimum Gasteiger partial charge on any atom is -0.493 e. The van der Waals surface area contributed by atoms with Gasteiger partial charge in [-0.1, -0.05) is 15.9 Å². The van der Waals surface area contributed by atoms with Crippen molar-refractivity contribution >= 4 is 33.4 Å². The minimum absolute atomic E-state index is 0.116. The Morgan fingerprint density at radius 1 is 1.21 bits per heavy atom. The van der Waals surface area contributed by atoms with Gasteiger partial charge in [0.2, 0.25) is 11.8 Å².